The largest absolute Gasteiger partial charge is 0.490 e. The van der Waals surface area contributed by atoms with Gasteiger partial charge >= 0.3 is 0 Å². The van der Waals surface area contributed by atoms with E-state index in [0.29, 0.717) is 13.2 Å². The molecule has 1 aromatic carbocycles. The van der Waals surface area contributed by atoms with Gasteiger partial charge in [0.2, 0.25) is 0 Å². The maximum Gasteiger partial charge on any atom is 0.175 e. The molecule has 0 spiro atoms. The third-order valence-corrected chi connectivity index (χ3v) is 4.15. The highest BCUT2D eigenvalue weighted by Gasteiger charge is 2.12. The molecule has 21 heavy (non-hydrogen) atoms. The summed E-state index contributed by atoms with van der Waals surface area (Å²) in [5.41, 5.74) is 1.20. The Hall–Kier alpha value is -0.390. The van der Waals surface area contributed by atoms with E-state index >= 15 is 0 Å². The van der Waals surface area contributed by atoms with Crippen molar-refractivity contribution in [2.45, 2.75) is 33.2 Å². The Morgan fingerprint density at radius 3 is 2.71 bits per heavy atom. The topological polar surface area (TPSA) is 30.5 Å². The van der Waals surface area contributed by atoms with Crippen molar-refractivity contribution >= 4 is 27.7 Å². The highest BCUT2D eigenvalue weighted by atomic mass is 79.9. The average molecular weight is 376 g/mol. The summed E-state index contributed by atoms with van der Waals surface area (Å²) in [5.74, 6) is 2.75. The molecule has 0 radical (unpaired) electrons. The second-order valence-electron chi connectivity index (χ2n) is 4.71. The summed E-state index contributed by atoms with van der Waals surface area (Å²) in [4.78, 5) is 0. The van der Waals surface area contributed by atoms with E-state index in [-0.39, 0.29) is 0 Å². The number of nitrogens with one attached hydrogen (secondary N) is 1. The highest BCUT2D eigenvalue weighted by molar-refractivity contribution is 9.10. The van der Waals surface area contributed by atoms with Gasteiger partial charge < -0.3 is 14.8 Å². The van der Waals surface area contributed by atoms with E-state index in [1.165, 1.54) is 5.56 Å². The molecule has 0 atom stereocenters. The van der Waals surface area contributed by atoms with Crippen LogP contribution in [-0.2, 0) is 6.54 Å². The Kier molecular flexibility index (Phi) is 9.96. The fraction of sp³-hybridized carbons (Fsp3) is 0.625. The predicted octanol–water partition coefficient (Wildman–Crippen LogP) is 4.48. The molecule has 0 heterocycles. The van der Waals surface area contributed by atoms with Crippen LogP contribution in [0, 0.1) is 0 Å². The number of rotatable bonds is 11. The van der Waals surface area contributed by atoms with E-state index in [0.717, 1.165) is 47.7 Å². The van der Waals surface area contributed by atoms with Crippen molar-refractivity contribution in [1.82, 2.24) is 5.32 Å². The molecule has 0 unspecified atom stereocenters. The fourth-order valence-corrected chi connectivity index (χ4v) is 2.92. The van der Waals surface area contributed by atoms with Crippen molar-refractivity contribution in [2.75, 3.05) is 31.8 Å². The maximum absolute atomic E-state index is 5.90. The summed E-state index contributed by atoms with van der Waals surface area (Å²) in [7, 11) is 0. The Labute approximate surface area is 141 Å². The number of ether oxygens (including phenoxy) is 2. The number of halogens is 1. The van der Waals surface area contributed by atoms with E-state index in [4.69, 9.17) is 9.47 Å². The van der Waals surface area contributed by atoms with Gasteiger partial charge in [-0.05, 0) is 71.9 Å². The highest BCUT2D eigenvalue weighted by Crippen LogP contribution is 2.37. The summed E-state index contributed by atoms with van der Waals surface area (Å²) in [5, 5.41) is 3.41. The molecule has 1 rings (SSSR count). The normalized spacial score (nSPS) is 10.7. The first-order valence-corrected chi connectivity index (χ1v) is 9.69. The van der Waals surface area contributed by atoms with Gasteiger partial charge in [-0.2, -0.15) is 11.8 Å². The van der Waals surface area contributed by atoms with Crippen LogP contribution in [0.2, 0.25) is 0 Å². The van der Waals surface area contributed by atoms with Gasteiger partial charge in [-0.3, -0.25) is 0 Å². The van der Waals surface area contributed by atoms with E-state index in [1.807, 2.05) is 18.7 Å². The van der Waals surface area contributed by atoms with Crippen LogP contribution in [0.4, 0.5) is 0 Å². The molecule has 0 aliphatic heterocycles. The third kappa shape index (κ3) is 6.94. The lowest BCUT2D eigenvalue weighted by Crippen LogP contribution is -2.14. The summed E-state index contributed by atoms with van der Waals surface area (Å²) in [6, 6.07) is 4.18. The first-order valence-electron chi connectivity index (χ1n) is 7.50. The Bertz CT molecular complexity index is 416. The van der Waals surface area contributed by atoms with Gasteiger partial charge in [-0.15, -0.1) is 0 Å². The minimum atomic E-state index is 0.638. The van der Waals surface area contributed by atoms with Gasteiger partial charge in [0.25, 0.3) is 0 Å². The van der Waals surface area contributed by atoms with Crippen LogP contribution >= 0.6 is 27.7 Å². The van der Waals surface area contributed by atoms with Crippen LogP contribution in [-0.4, -0.2) is 31.8 Å². The van der Waals surface area contributed by atoms with E-state index in [9.17, 15) is 0 Å². The second kappa shape index (κ2) is 11.2. The van der Waals surface area contributed by atoms with Crippen molar-refractivity contribution < 1.29 is 9.47 Å². The Balaban J connectivity index is 2.75. The van der Waals surface area contributed by atoms with Gasteiger partial charge in [0.05, 0.1) is 17.7 Å². The SMILES string of the molecule is CCCNCc1cc(Br)c(OCCCSC)c(OCC)c1. The minimum absolute atomic E-state index is 0.638. The summed E-state index contributed by atoms with van der Waals surface area (Å²) >= 11 is 5.45. The number of hydrogen-bond acceptors (Lipinski definition) is 4. The van der Waals surface area contributed by atoms with Crippen LogP contribution < -0.4 is 14.8 Å². The van der Waals surface area contributed by atoms with Gasteiger partial charge in [0.1, 0.15) is 0 Å². The smallest absolute Gasteiger partial charge is 0.175 e. The van der Waals surface area contributed by atoms with Gasteiger partial charge in [-0.25, -0.2) is 0 Å². The molecule has 5 heteroatoms. The van der Waals surface area contributed by atoms with Crippen LogP contribution in [0.5, 0.6) is 11.5 Å². The lowest BCUT2D eigenvalue weighted by molar-refractivity contribution is 0.275. The van der Waals surface area contributed by atoms with Crippen molar-refractivity contribution in [2.24, 2.45) is 0 Å². The van der Waals surface area contributed by atoms with Crippen molar-refractivity contribution in [1.29, 1.82) is 0 Å². The first-order chi connectivity index (χ1) is 10.2. The Morgan fingerprint density at radius 1 is 1.24 bits per heavy atom. The number of hydrogen-bond donors (Lipinski definition) is 1. The van der Waals surface area contributed by atoms with Gasteiger partial charge in [-0.1, -0.05) is 6.92 Å². The molecular formula is C16H26BrNO2S. The summed E-state index contributed by atoms with van der Waals surface area (Å²) in [6.07, 6.45) is 4.29. The van der Waals surface area contributed by atoms with Gasteiger partial charge in [0.15, 0.2) is 11.5 Å². The first kappa shape index (κ1) is 18.7. The predicted molar refractivity (Wildman–Crippen MR) is 95.8 cm³/mol. The summed E-state index contributed by atoms with van der Waals surface area (Å²) in [6.45, 7) is 7.38. The van der Waals surface area contributed by atoms with Crippen LogP contribution in [0.3, 0.4) is 0 Å². The van der Waals surface area contributed by atoms with Crippen molar-refractivity contribution in [3.63, 3.8) is 0 Å². The number of thioether (sulfide) groups is 1. The molecule has 0 amide bonds. The zero-order valence-corrected chi connectivity index (χ0v) is 15.6. The quantitative estimate of drug-likeness (QED) is 0.577. The molecule has 0 aliphatic carbocycles. The molecular weight excluding hydrogens is 350 g/mol. The second-order valence-corrected chi connectivity index (χ2v) is 6.55. The number of benzene rings is 1. The van der Waals surface area contributed by atoms with E-state index in [2.05, 4.69) is 46.6 Å². The van der Waals surface area contributed by atoms with Crippen LogP contribution in [0.15, 0.2) is 16.6 Å². The monoisotopic (exact) mass is 375 g/mol. The zero-order valence-electron chi connectivity index (χ0n) is 13.2. The Morgan fingerprint density at radius 2 is 2.05 bits per heavy atom. The van der Waals surface area contributed by atoms with Crippen LogP contribution in [0.25, 0.3) is 0 Å². The lowest BCUT2D eigenvalue weighted by atomic mass is 10.2. The molecule has 0 fully saturated rings. The average Bonchev–Trinajstić information content (AvgIpc) is 2.46. The third-order valence-electron chi connectivity index (χ3n) is 2.86. The zero-order chi connectivity index (χ0) is 15.5. The fourth-order valence-electron chi connectivity index (χ4n) is 1.91. The standard InChI is InChI=1S/C16H26BrNO2S/c1-4-7-18-12-13-10-14(17)16(15(11-13)19-5-2)20-8-6-9-21-3/h10-11,18H,4-9,12H2,1-3H3. The summed E-state index contributed by atoms with van der Waals surface area (Å²) < 4.78 is 12.6. The van der Waals surface area contributed by atoms with Gasteiger partial charge in [0, 0.05) is 6.54 Å². The molecule has 1 N–H and O–H groups in total. The molecule has 0 aliphatic rings. The van der Waals surface area contributed by atoms with E-state index in [1.54, 1.807) is 0 Å². The molecule has 1 aromatic rings. The van der Waals surface area contributed by atoms with Crippen molar-refractivity contribution in [3.05, 3.63) is 22.2 Å². The van der Waals surface area contributed by atoms with E-state index < -0.39 is 0 Å². The molecule has 0 saturated heterocycles. The van der Waals surface area contributed by atoms with Crippen LogP contribution in [0.1, 0.15) is 32.3 Å². The maximum atomic E-state index is 5.90. The van der Waals surface area contributed by atoms with Crippen molar-refractivity contribution in [3.8, 4) is 11.5 Å². The molecule has 0 saturated carbocycles. The molecule has 3 nitrogen and oxygen atoms in total. The molecule has 0 bridgehead atoms. The lowest BCUT2D eigenvalue weighted by Gasteiger charge is -2.15. The minimum Gasteiger partial charge on any atom is -0.490 e. The molecule has 120 valence electrons. The molecule has 0 aromatic heterocycles.